The van der Waals surface area contributed by atoms with Gasteiger partial charge in [-0.2, -0.15) is 0 Å². The summed E-state index contributed by atoms with van der Waals surface area (Å²) in [7, 11) is 0. The molecule has 0 aliphatic heterocycles. The normalized spacial score (nSPS) is 13.2. The minimum absolute atomic E-state index is 0.136. The largest absolute Gasteiger partial charge is 0.384 e. The highest BCUT2D eigenvalue weighted by Crippen LogP contribution is 2.32. The van der Waals surface area contributed by atoms with E-state index in [2.05, 4.69) is 32.9 Å². The molecule has 1 atom stereocenters. The van der Waals surface area contributed by atoms with Crippen LogP contribution in [0.4, 0.5) is 0 Å². The summed E-state index contributed by atoms with van der Waals surface area (Å²) < 4.78 is 0. The van der Waals surface area contributed by atoms with Gasteiger partial charge in [0.25, 0.3) is 0 Å². The van der Waals surface area contributed by atoms with Crippen LogP contribution in [-0.2, 0) is 5.41 Å². The molecule has 21 heavy (non-hydrogen) atoms. The minimum Gasteiger partial charge on any atom is -0.384 e. The fourth-order valence-electron chi connectivity index (χ4n) is 2.22. The zero-order chi connectivity index (χ0) is 15.6. The third kappa shape index (κ3) is 3.60. The molecule has 1 nitrogen and oxygen atoms in total. The minimum atomic E-state index is -0.769. The van der Waals surface area contributed by atoms with Gasteiger partial charge in [-0.3, -0.25) is 0 Å². The average molecular weight is 323 g/mol. The Morgan fingerprint density at radius 1 is 1.05 bits per heavy atom. The van der Waals surface area contributed by atoms with E-state index in [1.807, 2.05) is 12.1 Å². The van der Waals surface area contributed by atoms with Gasteiger partial charge in [0.2, 0.25) is 0 Å². The van der Waals surface area contributed by atoms with Gasteiger partial charge in [-0.1, -0.05) is 68.2 Å². The first-order chi connectivity index (χ1) is 9.85. The molecule has 0 amide bonds. The van der Waals surface area contributed by atoms with Crippen molar-refractivity contribution < 1.29 is 5.11 Å². The highest BCUT2D eigenvalue weighted by atomic mass is 35.5. The van der Waals surface area contributed by atoms with Crippen molar-refractivity contribution in [3.8, 4) is 0 Å². The molecule has 0 saturated carbocycles. The van der Waals surface area contributed by atoms with Crippen molar-refractivity contribution in [2.45, 2.75) is 38.7 Å². The number of rotatable bonds is 4. The second-order valence-corrected chi connectivity index (χ2v) is 6.77. The van der Waals surface area contributed by atoms with E-state index in [0.29, 0.717) is 15.6 Å². The first-order valence-corrected chi connectivity index (χ1v) is 7.84. The third-order valence-electron chi connectivity index (χ3n) is 4.14. The molecule has 112 valence electrons. The van der Waals surface area contributed by atoms with E-state index in [1.54, 1.807) is 18.2 Å². The van der Waals surface area contributed by atoms with Gasteiger partial charge < -0.3 is 5.11 Å². The topological polar surface area (TPSA) is 20.2 Å². The van der Waals surface area contributed by atoms with Crippen LogP contribution in [0, 0.1) is 0 Å². The molecular weight excluding hydrogens is 303 g/mol. The molecule has 0 saturated heterocycles. The van der Waals surface area contributed by atoms with E-state index in [4.69, 9.17) is 23.2 Å². The molecule has 0 aliphatic rings. The Morgan fingerprint density at radius 2 is 1.67 bits per heavy atom. The molecule has 2 aromatic rings. The monoisotopic (exact) mass is 322 g/mol. The summed E-state index contributed by atoms with van der Waals surface area (Å²) >= 11 is 12.1. The number of hydrogen-bond donors (Lipinski definition) is 1. The molecule has 0 fully saturated rings. The summed E-state index contributed by atoms with van der Waals surface area (Å²) in [6.45, 7) is 6.60. The van der Waals surface area contributed by atoms with Crippen molar-refractivity contribution in [1.82, 2.24) is 0 Å². The van der Waals surface area contributed by atoms with Crippen LogP contribution in [0.1, 0.15) is 50.0 Å². The van der Waals surface area contributed by atoms with Crippen LogP contribution >= 0.6 is 23.2 Å². The number of benzene rings is 2. The molecule has 0 spiro atoms. The van der Waals surface area contributed by atoms with Crippen LogP contribution in [0.3, 0.4) is 0 Å². The number of aliphatic hydroxyl groups is 1. The lowest BCUT2D eigenvalue weighted by atomic mass is 9.81. The molecule has 1 N–H and O–H groups in total. The van der Waals surface area contributed by atoms with Crippen LogP contribution in [0.5, 0.6) is 0 Å². The van der Waals surface area contributed by atoms with Crippen LogP contribution < -0.4 is 0 Å². The smallest absolute Gasteiger partial charge is 0.106 e. The Kier molecular flexibility index (Phi) is 4.98. The van der Waals surface area contributed by atoms with Crippen LogP contribution in [-0.4, -0.2) is 5.11 Å². The lowest BCUT2D eigenvalue weighted by molar-refractivity contribution is 0.220. The Morgan fingerprint density at radius 3 is 2.24 bits per heavy atom. The third-order valence-corrected chi connectivity index (χ3v) is 4.72. The van der Waals surface area contributed by atoms with Crippen molar-refractivity contribution in [2.24, 2.45) is 0 Å². The van der Waals surface area contributed by atoms with E-state index in [-0.39, 0.29) is 5.41 Å². The maximum atomic E-state index is 10.5. The lowest BCUT2D eigenvalue weighted by Crippen LogP contribution is -2.15. The summed E-state index contributed by atoms with van der Waals surface area (Å²) in [5.74, 6) is 0. The maximum Gasteiger partial charge on any atom is 0.106 e. The Bertz CT molecular complexity index is 618. The summed E-state index contributed by atoms with van der Waals surface area (Å²) in [4.78, 5) is 0. The molecule has 0 bridgehead atoms. The van der Waals surface area contributed by atoms with Gasteiger partial charge in [-0.05, 0) is 41.2 Å². The number of aliphatic hydroxyl groups excluding tert-OH is 1. The highest BCUT2D eigenvalue weighted by molar-refractivity contribution is 6.33. The Balaban J connectivity index is 2.32. The van der Waals surface area contributed by atoms with E-state index < -0.39 is 6.10 Å². The fraction of sp³-hybridized carbons (Fsp3) is 0.333. The molecule has 0 radical (unpaired) electrons. The van der Waals surface area contributed by atoms with E-state index in [9.17, 15) is 5.11 Å². The first-order valence-electron chi connectivity index (χ1n) is 7.08. The Labute approximate surface area is 136 Å². The molecule has 2 rings (SSSR count). The molecular formula is C18H20Cl2O. The highest BCUT2D eigenvalue weighted by Gasteiger charge is 2.19. The second kappa shape index (κ2) is 6.39. The summed E-state index contributed by atoms with van der Waals surface area (Å²) in [6.07, 6.45) is 0.296. The van der Waals surface area contributed by atoms with E-state index >= 15 is 0 Å². The van der Waals surface area contributed by atoms with Gasteiger partial charge in [-0.15, -0.1) is 0 Å². The molecule has 0 aromatic heterocycles. The van der Waals surface area contributed by atoms with Gasteiger partial charge in [0, 0.05) is 15.6 Å². The predicted molar refractivity (Wildman–Crippen MR) is 90.3 cm³/mol. The van der Waals surface area contributed by atoms with Crippen molar-refractivity contribution >= 4 is 23.2 Å². The summed E-state index contributed by atoms with van der Waals surface area (Å²) in [5.41, 5.74) is 2.84. The molecule has 1 unspecified atom stereocenters. The SMILES string of the molecule is CCC(C)(C)c1ccc(C(O)c2cc(Cl)ccc2Cl)cc1. The van der Waals surface area contributed by atoms with Gasteiger partial charge >= 0.3 is 0 Å². The van der Waals surface area contributed by atoms with Crippen molar-refractivity contribution in [2.75, 3.05) is 0 Å². The van der Waals surface area contributed by atoms with Crippen molar-refractivity contribution in [3.05, 3.63) is 69.2 Å². The summed E-state index contributed by atoms with van der Waals surface area (Å²) in [5, 5.41) is 11.6. The molecule has 0 aliphatic carbocycles. The van der Waals surface area contributed by atoms with E-state index in [1.165, 1.54) is 5.56 Å². The van der Waals surface area contributed by atoms with E-state index in [0.717, 1.165) is 12.0 Å². The van der Waals surface area contributed by atoms with Gasteiger partial charge in [0.1, 0.15) is 6.10 Å². The standard InChI is InChI=1S/C18H20Cl2O/c1-4-18(2,3)13-7-5-12(6-8-13)17(21)15-11-14(19)9-10-16(15)20/h5-11,17,21H,4H2,1-3H3. The zero-order valence-electron chi connectivity index (χ0n) is 12.5. The predicted octanol–water partition coefficient (Wildman–Crippen LogP) is 5.76. The van der Waals surface area contributed by atoms with Crippen LogP contribution in [0.25, 0.3) is 0 Å². The van der Waals surface area contributed by atoms with Crippen LogP contribution in [0.2, 0.25) is 10.0 Å². The zero-order valence-corrected chi connectivity index (χ0v) is 14.0. The van der Waals surface area contributed by atoms with Gasteiger partial charge in [0.15, 0.2) is 0 Å². The van der Waals surface area contributed by atoms with Gasteiger partial charge in [-0.25, -0.2) is 0 Å². The number of halogens is 2. The summed E-state index contributed by atoms with van der Waals surface area (Å²) in [6, 6.07) is 13.2. The molecule has 3 heteroatoms. The molecule has 2 aromatic carbocycles. The fourth-order valence-corrected chi connectivity index (χ4v) is 2.63. The Hall–Kier alpha value is -1.02. The second-order valence-electron chi connectivity index (χ2n) is 5.93. The maximum absolute atomic E-state index is 10.5. The van der Waals surface area contributed by atoms with Crippen LogP contribution in [0.15, 0.2) is 42.5 Å². The quantitative estimate of drug-likeness (QED) is 0.758. The average Bonchev–Trinajstić information content (AvgIpc) is 2.49. The number of hydrogen-bond acceptors (Lipinski definition) is 1. The lowest BCUT2D eigenvalue weighted by Gasteiger charge is -2.24. The van der Waals surface area contributed by atoms with Gasteiger partial charge in [0.05, 0.1) is 0 Å². The van der Waals surface area contributed by atoms with Crippen molar-refractivity contribution in [1.29, 1.82) is 0 Å². The van der Waals surface area contributed by atoms with Crippen molar-refractivity contribution in [3.63, 3.8) is 0 Å². The first kappa shape index (κ1) is 16.4. The molecule has 0 heterocycles.